The van der Waals surface area contributed by atoms with E-state index in [-0.39, 0.29) is 18.0 Å². The van der Waals surface area contributed by atoms with Gasteiger partial charge in [-0.3, -0.25) is 9.69 Å². The number of nitrogens with zero attached hydrogens (tertiary/aromatic N) is 2. The summed E-state index contributed by atoms with van der Waals surface area (Å²) in [6, 6.07) is 10.5. The van der Waals surface area contributed by atoms with Crippen molar-refractivity contribution >= 4 is 15.7 Å². The first-order chi connectivity index (χ1) is 13.9. The number of fused-ring (bicyclic) bond motifs is 3. The number of nitrogens with one attached hydrogen (secondary N) is 1. The molecule has 1 amide bonds. The minimum Gasteiger partial charge on any atom is -0.360 e. The lowest BCUT2D eigenvalue weighted by Gasteiger charge is -2.54. The summed E-state index contributed by atoms with van der Waals surface area (Å²) < 4.78 is 32.0. The van der Waals surface area contributed by atoms with Crippen LogP contribution in [0.15, 0.2) is 45.8 Å². The number of benzene rings is 1. The lowest BCUT2D eigenvalue weighted by Crippen LogP contribution is -2.66. The number of carbonyl (C=O) groups excluding carboxylic acids is 1. The van der Waals surface area contributed by atoms with Crippen molar-refractivity contribution < 1.29 is 17.7 Å². The zero-order valence-electron chi connectivity index (χ0n) is 16.4. The first-order valence-corrected chi connectivity index (χ1v) is 11.7. The number of aromatic nitrogens is 1. The smallest absolute Gasteiger partial charge is 0.273 e. The van der Waals surface area contributed by atoms with Gasteiger partial charge >= 0.3 is 0 Å². The Kier molecular flexibility index (Phi) is 4.33. The second kappa shape index (κ2) is 6.67. The van der Waals surface area contributed by atoms with Gasteiger partial charge in [-0.05, 0) is 57.7 Å². The van der Waals surface area contributed by atoms with Crippen LogP contribution in [0.1, 0.15) is 60.7 Å². The van der Waals surface area contributed by atoms with Gasteiger partial charge in [-0.1, -0.05) is 23.4 Å². The molecule has 0 spiro atoms. The molecule has 1 N–H and O–H groups in total. The van der Waals surface area contributed by atoms with Gasteiger partial charge < -0.3 is 9.84 Å². The maximum atomic E-state index is 13.4. The Balaban J connectivity index is 1.31. The molecule has 2 saturated heterocycles. The highest BCUT2D eigenvalue weighted by Gasteiger charge is 2.60. The van der Waals surface area contributed by atoms with E-state index in [2.05, 4.69) is 10.5 Å². The van der Waals surface area contributed by atoms with Crippen molar-refractivity contribution in [3.05, 3.63) is 47.9 Å². The summed E-state index contributed by atoms with van der Waals surface area (Å²) in [5.74, 6) is 0.948. The van der Waals surface area contributed by atoms with Crippen LogP contribution in [0.3, 0.4) is 0 Å². The standard InChI is InChI=1S/C21H25N3O4S/c1-24-16-11-15(22-20(25)18-12-19(28-23-18)14-7-8-14)9-10-21(24,13-16)29(26,27)17-5-3-2-4-6-17/h2-6,12,14-16H,7-11,13H2,1H3,(H,22,25). The van der Waals surface area contributed by atoms with E-state index in [9.17, 15) is 13.2 Å². The summed E-state index contributed by atoms with van der Waals surface area (Å²) in [6.45, 7) is 0. The lowest BCUT2D eigenvalue weighted by molar-refractivity contribution is 0.0128. The summed E-state index contributed by atoms with van der Waals surface area (Å²) in [5.41, 5.74) is 0.309. The molecular weight excluding hydrogens is 390 g/mol. The topological polar surface area (TPSA) is 92.5 Å². The van der Waals surface area contributed by atoms with Crippen LogP contribution in [0.2, 0.25) is 0 Å². The van der Waals surface area contributed by atoms with E-state index in [0.717, 1.165) is 25.0 Å². The van der Waals surface area contributed by atoms with Gasteiger partial charge in [-0.2, -0.15) is 0 Å². The van der Waals surface area contributed by atoms with Gasteiger partial charge in [0.1, 0.15) is 10.6 Å². The lowest BCUT2D eigenvalue weighted by atomic mass is 9.91. The molecule has 29 heavy (non-hydrogen) atoms. The van der Waals surface area contributed by atoms with Crippen LogP contribution in [0.5, 0.6) is 0 Å². The highest BCUT2D eigenvalue weighted by atomic mass is 32.2. The normalized spacial score (nSPS) is 29.7. The minimum atomic E-state index is -3.49. The van der Waals surface area contributed by atoms with Gasteiger partial charge in [-0.25, -0.2) is 8.42 Å². The van der Waals surface area contributed by atoms with Crippen LogP contribution in [-0.4, -0.2) is 48.4 Å². The number of hydrogen-bond donors (Lipinski definition) is 1. The van der Waals surface area contributed by atoms with Crippen molar-refractivity contribution in [2.75, 3.05) is 7.05 Å². The van der Waals surface area contributed by atoms with Crippen LogP contribution in [0.4, 0.5) is 0 Å². The Labute approximate surface area is 170 Å². The predicted octanol–water partition coefficient (Wildman–Crippen LogP) is 2.71. The Hall–Kier alpha value is -2.19. The average Bonchev–Trinajstić information content (AvgIpc) is 3.51. The second-order valence-electron chi connectivity index (χ2n) is 8.57. The van der Waals surface area contributed by atoms with E-state index in [1.165, 1.54) is 0 Å². The number of amides is 1. The van der Waals surface area contributed by atoms with Gasteiger partial charge in [-0.15, -0.1) is 0 Å². The molecule has 7 nitrogen and oxygen atoms in total. The summed E-state index contributed by atoms with van der Waals surface area (Å²) in [7, 11) is -1.60. The van der Waals surface area contributed by atoms with Gasteiger partial charge in [0.25, 0.3) is 5.91 Å². The third-order valence-electron chi connectivity index (χ3n) is 6.81. The van der Waals surface area contributed by atoms with Crippen LogP contribution >= 0.6 is 0 Å². The van der Waals surface area contributed by atoms with E-state index in [1.807, 2.05) is 18.0 Å². The molecule has 6 rings (SSSR count). The Morgan fingerprint density at radius 2 is 2.00 bits per heavy atom. The number of hydrogen-bond acceptors (Lipinski definition) is 6. The van der Waals surface area contributed by atoms with E-state index < -0.39 is 14.7 Å². The fraction of sp³-hybridized carbons (Fsp3) is 0.524. The quantitative estimate of drug-likeness (QED) is 0.807. The molecule has 4 aliphatic rings. The Bertz CT molecular complexity index is 1030. The van der Waals surface area contributed by atoms with Gasteiger partial charge in [0.15, 0.2) is 15.5 Å². The number of rotatable bonds is 5. The first kappa shape index (κ1) is 18.8. The molecule has 4 fully saturated rings. The number of sulfone groups is 1. The zero-order chi connectivity index (χ0) is 20.2. The maximum Gasteiger partial charge on any atom is 0.273 e. The SMILES string of the molecule is CN1C2CC(NC(=O)c3cc(C4CC4)on3)CCC1(S(=O)(=O)c1ccccc1)C2. The van der Waals surface area contributed by atoms with E-state index in [0.29, 0.717) is 35.8 Å². The molecule has 154 valence electrons. The van der Waals surface area contributed by atoms with E-state index in [4.69, 9.17) is 4.52 Å². The van der Waals surface area contributed by atoms with Crippen molar-refractivity contribution in [1.29, 1.82) is 0 Å². The molecule has 1 aromatic heterocycles. The van der Waals surface area contributed by atoms with Gasteiger partial charge in [0.05, 0.1) is 4.90 Å². The summed E-state index contributed by atoms with van der Waals surface area (Å²) >= 11 is 0. The van der Waals surface area contributed by atoms with Crippen molar-refractivity contribution in [3.63, 3.8) is 0 Å². The largest absolute Gasteiger partial charge is 0.360 e. The summed E-state index contributed by atoms with van der Waals surface area (Å²) in [5, 5.41) is 6.96. The minimum absolute atomic E-state index is 0.0774. The van der Waals surface area contributed by atoms with Crippen LogP contribution < -0.4 is 5.32 Å². The van der Waals surface area contributed by atoms with Gasteiger partial charge in [0, 0.05) is 24.1 Å². The highest BCUT2D eigenvalue weighted by molar-refractivity contribution is 7.92. The monoisotopic (exact) mass is 415 g/mol. The van der Waals surface area contributed by atoms with Crippen LogP contribution in [-0.2, 0) is 9.84 Å². The van der Waals surface area contributed by atoms with Crippen LogP contribution in [0, 0.1) is 0 Å². The van der Waals surface area contributed by atoms with Gasteiger partial charge in [0.2, 0.25) is 0 Å². The predicted molar refractivity (Wildman–Crippen MR) is 106 cm³/mol. The molecule has 0 radical (unpaired) electrons. The molecule has 2 aliphatic heterocycles. The molecule has 3 unspecified atom stereocenters. The van der Waals surface area contributed by atoms with Crippen molar-refractivity contribution in [1.82, 2.24) is 15.4 Å². The third kappa shape index (κ3) is 3.00. The molecule has 2 aliphatic carbocycles. The first-order valence-electron chi connectivity index (χ1n) is 10.2. The fourth-order valence-electron chi connectivity index (χ4n) is 4.83. The molecule has 1 aromatic carbocycles. The Morgan fingerprint density at radius 1 is 1.24 bits per heavy atom. The fourth-order valence-corrected chi connectivity index (χ4v) is 7.12. The van der Waals surface area contributed by atoms with E-state index in [1.54, 1.807) is 30.3 Å². The van der Waals surface area contributed by atoms with Crippen molar-refractivity contribution in [3.8, 4) is 0 Å². The molecule has 3 heterocycles. The zero-order valence-corrected chi connectivity index (χ0v) is 17.2. The molecule has 2 bridgehead atoms. The third-order valence-corrected chi connectivity index (χ3v) is 9.37. The molecule has 8 heteroatoms. The van der Waals surface area contributed by atoms with Crippen LogP contribution in [0.25, 0.3) is 0 Å². The van der Waals surface area contributed by atoms with E-state index >= 15 is 0 Å². The highest BCUT2D eigenvalue weighted by Crippen LogP contribution is 2.50. The molecular formula is C21H25N3O4S. The summed E-state index contributed by atoms with van der Waals surface area (Å²) in [6.07, 6.45) is 4.63. The Morgan fingerprint density at radius 3 is 2.69 bits per heavy atom. The molecule has 2 aromatic rings. The molecule has 2 saturated carbocycles. The molecule has 3 atom stereocenters. The summed E-state index contributed by atoms with van der Waals surface area (Å²) in [4.78, 5) is 14.1. The second-order valence-corrected chi connectivity index (χ2v) is 10.8. The van der Waals surface area contributed by atoms with Crippen molar-refractivity contribution in [2.24, 2.45) is 0 Å². The van der Waals surface area contributed by atoms with Crippen molar-refractivity contribution in [2.45, 2.75) is 66.3 Å². The number of carbonyl (C=O) groups is 1. The maximum absolute atomic E-state index is 13.4. The average molecular weight is 416 g/mol.